The summed E-state index contributed by atoms with van der Waals surface area (Å²) in [6.07, 6.45) is 12.0. The van der Waals surface area contributed by atoms with Crippen LogP contribution in [0.3, 0.4) is 0 Å². The molecular formula is C25H28ClN5O. The van der Waals surface area contributed by atoms with Gasteiger partial charge in [-0.3, -0.25) is 14.5 Å². The van der Waals surface area contributed by atoms with Crippen LogP contribution < -0.4 is 5.32 Å². The first-order valence-electron chi connectivity index (χ1n) is 11.3. The molecular weight excluding hydrogens is 422 g/mol. The van der Waals surface area contributed by atoms with Crippen molar-refractivity contribution in [3.8, 4) is 11.1 Å². The maximum Gasteiger partial charge on any atom is 0.228 e. The molecule has 1 amide bonds. The van der Waals surface area contributed by atoms with E-state index in [-0.39, 0.29) is 17.2 Å². The minimum Gasteiger partial charge on any atom is -0.310 e. The third-order valence-corrected chi connectivity index (χ3v) is 7.09. The van der Waals surface area contributed by atoms with Crippen molar-refractivity contribution in [2.45, 2.75) is 58.4 Å². The molecule has 1 aliphatic carbocycles. The second-order valence-corrected chi connectivity index (χ2v) is 10.3. The second-order valence-electron chi connectivity index (χ2n) is 9.88. The lowest BCUT2D eigenvalue weighted by Gasteiger charge is -2.28. The van der Waals surface area contributed by atoms with Crippen LogP contribution in [0.25, 0.3) is 11.1 Å². The van der Waals surface area contributed by atoms with Gasteiger partial charge >= 0.3 is 0 Å². The van der Waals surface area contributed by atoms with Gasteiger partial charge in [0.2, 0.25) is 5.91 Å². The third kappa shape index (κ3) is 4.16. The predicted octanol–water partition coefficient (Wildman–Crippen LogP) is 5.49. The zero-order chi connectivity index (χ0) is 22.3. The van der Waals surface area contributed by atoms with Gasteiger partial charge in [-0.15, -0.1) is 0 Å². The van der Waals surface area contributed by atoms with Crippen molar-refractivity contribution in [2.24, 2.45) is 11.3 Å². The van der Waals surface area contributed by atoms with Gasteiger partial charge in [0.05, 0.1) is 11.2 Å². The smallest absolute Gasteiger partial charge is 0.228 e. The highest BCUT2D eigenvalue weighted by Crippen LogP contribution is 2.40. The Bertz CT molecular complexity index is 1140. The number of halogens is 1. The van der Waals surface area contributed by atoms with Gasteiger partial charge in [0.1, 0.15) is 5.82 Å². The van der Waals surface area contributed by atoms with Crippen LogP contribution >= 0.6 is 11.6 Å². The maximum atomic E-state index is 13.1. The fraction of sp³-hybridized carbons (Fsp3) is 0.440. The summed E-state index contributed by atoms with van der Waals surface area (Å²) in [5.74, 6) is 0.946. The fourth-order valence-corrected chi connectivity index (χ4v) is 5.39. The molecule has 2 aliphatic rings. The van der Waals surface area contributed by atoms with Crippen molar-refractivity contribution in [3.63, 3.8) is 0 Å². The van der Waals surface area contributed by atoms with Crippen molar-refractivity contribution < 1.29 is 4.79 Å². The normalized spacial score (nSPS) is 21.8. The zero-order valence-corrected chi connectivity index (χ0v) is 19.3. The first kappa shape index (κ1) is 21.1. The number of carbonyl (C=O) groups excluding carboxylic acids is 1. The number of carbonyl (C=O) groups is 1. The molecule has 3 aromatic rings. The number of nitrogens with one attached hydrogen (secondary N) is 1. The molecule has 0 spiro atoms. The third-order valence-electron chi connectivity index (χ3n) is 6.79. The van der Waals surface area contributed by atoms with E-state index in [1.165, 1.54) is 11.3 Å². The summed E-state index contributed by atoms with van der Waals surface area (Å²) >= 11 is 6.52. The number of hydrogen-bond acceptors (Lipinski definition) is 4. The Morgan fingerprint density at radius 1 is 1.19 bits per heavy atom. The lowest BCUT2D eigenvalue weighted by Crippen LogP contribution is -2.27. The van der Waals surface area contributed by atoms with Gasteiger partial charge in [0.25, 0.3) is 0 Å². The van der Waals surface area contributed by atoms with Crippen LogP contribution in [0.5, 0.6) is 0 Å². The van der Waals surface area contributed by atoms with E-state index in [1.807, 2.05) is 24.7 Å². The fourth-order valence-electron chi connectivity index (χ4n) is 5.18. The van der Waals surface area contributed by atoms with E-state index >= 15 is 0 Å². The number of fused-ring (bicyclic) bond motifs is 1. The molecule has 1 fully saturated rings. The highest BCUT2D eigenvalue weighted by molar-refractivity contribution is 6.33. The molecule has 166 valence electrons. The quantitative estimate of drug-likeness (QED) is 0.571. The molecule has 2 atom stereocenters. The summed E-state index contributed by atoms with van der Waals surface area (Å²) in [4.78, 5) is 21.6. The van der Waals surface area contributed by atoms with Gasteiger partial charge in [-0.05, 0) is 60.8 Å². The zero-order valence-electron chi connectivity index (χ0n) is 18.5. The average molecular weight is 450 g/mol. The number of pyridine rings is 2. The summed E-state index contributed by atoms with van der Waals surface area (Å²) in [5.41, 5.74) is 4.53. The minimum absolute atomic E-state index is 0.0240. The predicted molar refractivity (Wildman–Crippen MR) is 126 cm³/mol. The molecule has 1 aliphatic heterocycles. The van der Waals surface area contributed by atoms with E-state index < -0.39 is 0 Å². The number of anilines is 1. The Balaban J connectivity index is 1.33. The van der Waals surface area contributed by atoms with Gasteiger partial charge in [0.15, 0.2) is 0 Å². The van der Waals surface area contributed by atoms with E-state index in [1.54, 1.807) is 6.20 Å². The molecule has 6 nitrogen and oxygen atoms in total. The van der Waals surface area contributed by atoms with Crippen molar-refractivity contribution in [1.82, 2.24) is 19.7 Å². The molecule has 0 saturated heterocycles. The first-order chi connectivity index (χ1) is 15.4. The molecule has 5 rings (SSSR count). The Morgan fingerprint density at radius 3 is 2.81 bits per heavy atom. The van der Waals surface area contributed by atoms with Crippen molar-refractivity contribution in [2.75, 3.05) is 5.32 Å². The van der Waals surface area contributed by atoms with Crippen LogP contribution in [0.4, 0.5) is 5.82 Å². The molecule has 0 aromatic carbocycles. The summed E-state index contributed by atoms with van der Waals surface area (Å²) in [5, 5.41) is 8.17. The van der Waals surface area contributed by atoms with Crippen LogP contribution in [0.1, 0.15) is 56.7 Å². The standard InChI is InChI=1S/C25H28ClN5O/c1-25(2)12-22-20(13-29-31(22)15-25)19-11-23(28-14-21(19)26)30-24(32)18-5-3-4-17(10-18)16-6-8-27-9-7-16/h6-9,11,13-14,17-18H,3-5,10,12,15H2,1-2H3,(H,28,30,32)/t17-,18+/m1/s1. The maximum absolute atomic E-state index is 13.1. The van der Waals surface area contributed by atoms with Crippen molar-refractivity contribution in [3.05, 3.63) is 59.3 Å². The minimum atomic E-state index is -0.0240. The van der Waals surface area contributed by atoms with E-state index in [0.717, 1.165) is 49.8 Å². The topological polar surface area (TPSA) is 72.7 Å². The van der Waals surface area contributed by atoms with E-state index in [2.05, 4.69) is 51.0 Å². The average Bonchev–Trinajstić information content (AvgIpc) is 3.30. The number of nitrogens with zero attached hydrogens (tertiary/aromatic N) is 4. The number of aromatic nitrogens is 4. The van der Waals surface area contributed by atoms with E-state index in [9.17, 15) is 4.79 Å². The molecule has 4 heterocycles. The van der Waals surface area contributed by atoms with Gasteiger partial charge < -0.3 is 5.32 Å². The number of rotatable bonds is 4. The highest BCUT2D eigenvalue weighted by Gasteiger charge is 2.32. The van der Waals surface area contributed by atoms with Gasteiger partial charge in [0, 0.05) is 47.9 Å². The van der Waals surface area contributed by atoms with Crippen LogP contribution in [0.2, 0.25) is 5.02 Å². The lowest BCUT2D eigenvalue weighted by molar-refractivity contribution is -0.120. The van der Waals surface area contributed by atoms with E-state index in [0.29, 0.717) is 16.8 Å². The van der Waals surface area contributed by atoms with Crippen LogP contribution in [-0.4, -0.2) is 25.7 Å². The van der Waals surface area contributed by atoms with Gasteiger partial charge in [-0.1, -0.05) is 31.9 Å². The Kier molecular flexibility index (Phi) is 5.49. The van der Waals surface area contributed by atoms with Gasteiger partial charge in [-0.2, -0.15) is 5.10 Å². The summed E-state index contributed by atoms with van der Waals surface area (Å²) < 4.78 is 2.06. The SMILES string of the molecule is CC1(C)Cc2c(-c3cc(NC(=O)[C@H]4CCC[C@@H](c5ccncc5)C4)ncc3Cl)cnn2C1. The largest absolute Gasteiger partial charge is 0.310 e. The molecule has 1 N–H and O–H groups in total. The number of hydrogen-bond donors (Lipinski definition) is 1. The molecule has 0 bridgehead atoms. The van der Waals surface area contributed by atoms with Crippen LogP contribution in [0, 0.1) is 11.3 Å². The molecule has 1 saturated carbocycles. The van der Waals surface area contributed by atoms with Gasteiger partial charge in [-0.25, -0.2) is 4.98 Å². The molecule has 3 aromatic heterocycles. The summed E-state index contributed by atoms with van der Waals surface area (Å²) in [7, 11) is 0. The summed E-state index contributed by atoms with van der Waals surface area (Å²) in [6.45, 7) is 5.39. The molecule has 32 heavy (non-hydrogen) atoms. The summed E-state index contributed by atoms with van der Waals surface area (Å²) in [6, 6.07) is 6.00. The van der Waals surface area contributed by atoms with Crippen LogP contribution in [0.15, 0.2) is 43.0 Å². The second kappa shape index (κ2) is 8.32. The Labute approximate surface area is 193 Å². The van der Waals surface area contributed by atoms with Crippen molar-refractivity contribution >= 4 is 23.3 Å². The molecule has 0 unspecified atom stereocenters. The van der Waals surface area contributed by atoms with E-state index in [4.69, 9.17) is 11.6 Å². The van der Waals surface area contributed by atoms with Crippen LogP contribution in [-0.2, 0) is 17.8 Å². The monoisotopic (exact) mass is 449 g/mol. The Hall–Kier alpha value is -2.73. The molecule has 0 radical (unpaired) electrons. The highest BCUT2D eigenvalue weighted by atomic mass is 35.5. The first-order valence-corrected chi connectivity index (χ1v) is 11.7. The number of amides is 1. The Morgan fingerprint density at radius 2 is 2.00 bits per heavy atom. The van der Waals surface area contributed by atoms with Crippen molar-refractivity contribution in [1.29, 1.82) is 0 Å². The molecule has 7 heteroatoms. The lowest BCUT2D eigenvalue weighted by atomic mass is 9.78.